The summed E-state index contributed by atoms with van der Waals surface area (Å²) < 4.78 is 6.19. The van der Waals surface area contributed by atoms with E-state index in [0.717, 1.165) is 35.8 Å². The fraction of sp³-hybridized carbons (Fsp3) is 0.765. The Kier molecular flexibility index (Phi) is 6.88. The molecule has 1 aliphatic carbocycles. The van der Waals surface area contributed by atoms with Gasteiger partial charge in [0.25, 0.3) is 0 Å². The van der Waals surface area contributed by atoms with Crippen LogP contribution in [0.3, 0.4) is 0 Å². The van der Waals surface area contributed by atoms with E-state index in [1.165, 1.54) is 11.3 Å². The van der Waals surface area contributed by atoms with E-state index in [4.69, 9.17) is 4.74 Å². The number of thioether (sulfide) groups is 1. The molecule has 2 amide bonds. The lowest BCUT2D eigenvalue weighted by Gasteiger charge is -2.33. The van der Waals surface area contributed by atoms with Crippen molar-refractivity contribution in [3.63, 3.8) is 0 Å². The largest absolute Gasteiger partial charge is 0.378 e. The second-order valence-electron chi connectivity index (χ2n) is 6.91. The van der Waals surface area contributed by atoms with Crippen LogP contribution < -0.4 is 5.32 Å². The molecule has 1 aliphatic heterocycles. The van der Waals surface area contributed by atoms with Crippen molar-refractivity contribution in [3.8, 4) is 0 Å². The number of nitrogens with one attached hydrogen (secondary N) is 1. The van der Waals surface area contributed by atoms with Crippen LogP contribution in [0.2, 0.25) is 0 Å². The Bertz CT molecular complexity index is 625. The second-order valence-corrected chi connectivity index (χ2v) is 9.40. The van der Waals surface area contributed by atoms with E-state index in [9.17, 15) is 9.59 Å². The van der Waals surface area contributed by atoms with Crippen molar-refractivity contribution in [1.29, 1.82) is 0 Å². The van der Waals surface area contributed by atoms with Crippen molar-refractivity contribution in [1.82, 2.24) is 15.1 Å². The summed E-state index contributed by atoms with van der Waals surface area (Å²) >= 11 is 3.01. The number of ether oxygens (including phenoxy) is 1. The minimum atomic E-state index is -0.217. The molecule has 1 saturated heterocycles. The highest BCUT2D eigenvalue weighted by atomic mass is 32.2. The van der Waals surface area contributed by atoms with Gasteiger partial charge >= 0.3 is 0 Å². The molecule has 2 heterocycles. The maximum absolute atomic E-state index is 12.7. The van der Waals surface area contributed by atoms with E-state index in [2.05, 4.69) is 22.4 Å². The van der Waals surface area contributed by atoms with Crippen LogP contribution in [0.15, 0.2) is 4.34 Å². The molecule has 7 nitrogen and oxygen atoms in total. The fourth-order valence-corrected chi connectivity index (χ4v) is 5.40. The number of nitrogens with zero attached hydrogens (tertiary/aromatic N) is 3. The van der Waals surface area contributed by atoms with Gasteiger partial charge < -0.3 is 15.0 Å². The lowest BCUT2D eigenvalue weighted by atomic mass is 9.78. The van der Waals surface area contributed by atoms with Crippen molar-refractivity contribution >= 4 is 40.0 Å². The number of amides is 2. The van der Waals surface area contributed by atoms with Crippen molar-refractivity contribution in [2.75, 3.05) is 37.4 Å². The predicted molar refractivity (Wildman–Crippen MR) is 102 cm³/mol. The molecule has 1 aromatic heterocycles. The van der Waals surface area contributed by atoms with Crippen LogP contribution in [-0.2, 0) is 14.3 Å². The third-order valence-corrected chi connectivity index (χ3v) is 6.86. The SMILES string of the molecule is CCSc1nnc(NC(=O)CC2(CC(=O)N3CCOCC3)CCCC2)s1. The molecule has 0 spiro atoms. The first-order valence-corrected chi connectivity index (χ1v) is 11.0. The van der Waals surface area contributed by atoms with Crippen molar-refractivity contribution in [3.05, 3.63) is 0 Å². The first kappa shape index (κ1) is 19.6. The minimum Gasteiger partial charge on any atom is -0.378 e. The zero-order chi connectivity index (χ0) is 18.4. The number of carbonyl (C=O) groups excluding carboxylic acids is 2. The highest BCUT2D eigenvalue weighted by Gasteiger charge is 2.39. The quantitative estimate of drug-likeness (QED) is 0.562. The van der Waals surface area contributed by atoms with Crippen molar-refractivity contribution < 1.29 is 14.3 Å². The van der Waals surface area contributed by atoms with Crippen LogP contribution in [0.1, 0.15) is 45.4 Å². The summed E-state index contributed by atoms with van der Waals surface area (Å²) in [5.74, 6) is 1.02. The number of anilines is 1. The monoisotopic (exact) mass is 398 g/mol. The summed E-state index contributed by atoms with van der Waals surface area (Å²) in [5.41, 5.74) is -0.217. The molecule has 144 valence electrons. The minimum absolute atomic E-state index is 0.0640. The van der Waals surface area contributed by atoms with Gasteiger partial charge in [0.15, 0.2) is 4.34 Å². The highest BCUT2D eigenvalue weighted by molar-refractivity contribution is 8.01. The van der Waals surface area contributed by atoms with E-state index in [-0.39, 0.29) is 17.2 Å². The lowest BCUT2D eigenvalue weighted by molar-refractivity contribution is -0.138. The summed E-state index contributed by atoms with van der Waals surface area (Å²) in [5, 5.41) is 11.5. The molecule has 0 aromatic carbocycles. The molecule has 26 heavy (non-hydrogen) atoms. The topological polar surface area (TPSA) is 84.4 Å². The maximum Gasteiger partial charge on any atom is 0.226 e. The first-order chi connectivity index (χ1) is 12.6. The molecule has 0 atom stereocenters. The molecule has 1 N–H and O–H groups in total. The Hall–Kier alpha value is -1.19. The Labute approximate surface area is 162 Å². The second kappa shape index (κ2) is 9.14. The first-order valence-electron chi connectivity index (χ1n) is 9.22. The molecular weight excluding hydrogens is 372 g/mol. The molecule has 1 aromatic rings. The van der Waals surface area contributed by atoms with Crippen molar-refractivity contribution in [2.24, 2.45) is 5.41 Å². The zero-order valence-electron chi connectivity index (χ0n) is 15.2. The van der Waals surface area contributed by atoms with E-state index in [1.807, 2.05) is 4.90 Å². The standard InChI is InChI=1S/C17H26N4O3S2/c1-2-25-16-20-19-15(26-16)18-13(22)11-17(5-3-4-6-17)12-14(23)21-7-9-24-10-8-21/h2-12H2,1H3,(H,18,19,22). The number of hydrogen-bond acceptors (Lipinski definition) is 7. The molecule has 9 heteroatoms. The van der Waals surface area contributed by atoms with E-state index in [1.54, 1.807) is 11.8 Å². The lowest BCUT2D eigenvalue weighted by Crippen LogP contribution is -2.43. The highest BCUT2D eigenvalue weighted by Crippen LogP contribution is 2.44. The Morgan fingerprint density at radius 2 is 1.96 bits per heavy atom. The molecule has 3 rings (SSSR count). The molecule has 0 radical (unpaired) electrons. The molecule has 2 fully saturated rings. The molecule has 2 aliphatic rings. The average molecular weight is 399 g/mol. The Balaban J connectivity index is 1.57. The van der Waals surface area contributed by atoms with Gasteiger partial charge in [-0.25, -0.2) is 0 Å². The van der Waals surface area contributed by atoms with E-state index >= 15 is 0 Å². The summed E-state index contributed by atoms with van der Waals surface area (Å²) in [6.45, 7) is 4.58. The van der Waals surface area contributed by atoms with Gasteiger partial charge in [-0.15, -0.1) is 10.2 Å². The summed E-state index contributed by atoms with van der Waals surface area (Å²) in [7, 11) is 0. The fourth-order valence-electron chi connectivity index (χ4n) is 3.73. The van der Waals surface area contributed by atoms with Crippen LogP contribution in [0.25, 0.3) is 0 Å². The van der Waals surface area contributed by atoms with Crippen molar-refractivity contribution in [2.45, 2.75) is 49.8 Å². The van der Waals surface area contributed by atoms with E-state index in [0.29, 0.717) is 44.3 Å². The maximum atomic E-state index is 12.7. The third-order valence-electron chi connectivity index (χ3n) is 5.01. The summed E-state index contributed by atoms with van der Waals surface area (Å²) in [4.78, 5) is 27.1. The molecule has 0 unspecified atom stereocenters. The van der Waals surface area contributed by atoms with Gasteiger partial charge in [0.1, 0.15) is 0 Å². The van der Waals surface area contributed by atoms with Crippen LogP contribution in [0.4, 0.5) is 5.13 Å². The smallest absolute Gasteiger partial charge is 0.226 e. The van der Waals surface area contributed by atoms with E-state index < -0.39 is 0 Å². The number of hydrogen-bond donors (Lipinski definition) is 1. The van der Waals surface area contributed by atoms with Gasteiger partial charge in [0.05, 0.1) is 13.2 Å². The van der Waals surface area contributed by atoms with Gasteiger partial charge in [0, 0.05) is 25.9 Å². The van der Waals surface area contributed by atoms with Gasteiger partial charge in [-0.2, -0.15) is 0 Å². The Morgan fingerprint density at radius 3 is 2.65 bits per heavy atom. The average Bonchev–Trinajstić information content (AvgIpc) is 3.26. The predicted octanol–water partition coefficient (Wildman–Crippen LogP) is 2.79. The van der Waals surface area contributed by atoms with Crippen LogP contribution in [-0.4, -0.2) is 59.0 Å². The third kappa shape index (κ3) is 5.17. The van der Waals surface area contributed by atoms with Gasteiger partial charge in [-0.3, -0.25) is 9.59 Å². The molecular formula is C17H26N4O3S2. The zero-order valence-corrected chi connectivity index (χ0v) is 16.8. The molecule has 1 saturated carbocycles. The number of rotatable bonds is 7. The normalized spacial score (nSPS) is 19.5. The van der Waals surface area contributed by atoms with Gasteiger partial charge in [-0.05, 0) is 24.0 Å². The van der Waals surface area contributed by atoms with Crippen LogP contribution in [0.5, 0.6) is 0 Å². The summed E-state index contributed by atoms with van der Waals surface area (Å²) in [6, 6.07) is 0. The van der Waals surface area contributed by atoms with Gasteiger partial charge in [0.2, 0.25) is 16.9 Å². The van der Waals surface area contributed by atoms with Gasteiger partial charge in [-0.1, -0.05) is 42.9 Å². The summed E-state index contributed by atoms with van der Waals surface area (Å²) in [6.07, 6.45) is 4.86. The number of aromatic nitrogens is 2. The Morgan fingerprint density at radius 1 is 1.23 bits per heavy atom. The molecule has 0 bridgehead atoms. The number of morpholine rings is 1. The number of carbonyl (C=O) groups is 2. The van der Waals surface area contributed by atoms with Crippen LogP contribution >= 0.6 is 23.1 Å². The van der Waals surface area contributed by atoms with Crippen LogP contribution in [0, 0.1) is 5.41 Å².